The molecule has 2 N–H and O–H groups in total. The number of amides is 2. The molecule has 1 heterocycles. The number of carbonyl (C=O) groups is 2. The predicted molar refractivity (Wildman–Crippen MR) is 114 cm³/mol. The van der Waals surface area contributed by atoms with Gasteiger partial charge in [-0.3, -0.25) is 9.59 Å². The Kier molecular flexibility index (Phi) is 7.33. The van der Waals surface area contributed by atoms with E-state index >= 15 is 0 Å². The van der Waals surface area contributed by atoms with Crippen molar-refractivity contribution in [1.29, 1.82) is 0 Å². The zero-order chi connectivity index (χ0) is 20.7. The van der Waals surface area contributed by atoms with Crippen LogP contribution in [0.3, 0.4) is 0 Å². The number of thioether (sulfide) groups is 1. The summed E-state index contributed by atoms with van der Waals surface area (Å²) in [7, 11) is -3.03. The topological polar surface area (TPSA) is 92.3 Å². The van der Waals surface area contributed by atoms with Gasteiger partial charge in [-0.2, -0.15) is 0 Å². The summed E-state index contributed by atoms with van der Waals surface area (Å²) in [4.78, 5) is 25.9. The zero-order valence-corrected chi connectivity index (χ0v) is 17.5. The standard InChI is InChI=1S/C21H24N2O4S2/c24-19(23-17-12-14-29(26,27)15-17)11-13-22-21(25)20(16-7-3-1-4-8-16)28-18-9-5-2-6-10-18/h1-10,17,20H,11-15H2,(H,22,25)(H,23,24)/t17-,20+/m0/s1. The Morgan fingerprint density at radius 3 is 2.31 bits per heavy atom. The summed E-state index contributed by atoms with van der Waals surface area (Å²) in [6.45, 7) is 0.197. The first-order valence-corrected chi connectivity index (χ1v) is 12.2. The fourth-order valence-electron chi connectivity index (χ4n) is 3.14. The fourth-order valence-corrected chi connectivity index (χ4v) is 5.88. The highest BCUT2D eigenvalue weighted by molar-refractivity contribution is 8.00. The van der Waals surface area contributed by atoms with Gasteiger partial charge in [0.15, 0.2) is 9.84 Å². The van der Waals surface area contributed by atoms with Gasteiger partial charge in [-0.1, -0.05) is 48.5 Å². The minimum absolute atomic E-state index is 0.00506. The molecule has 2 aromatic carbocycles. The molecule has 6 nitrogen and oxygen atoms in total. The van der Waals surface area contributed by atoms with Gasteiger partial charge in [-0.15, -0.1) is 11.8 Å². The first kappa shape index (κ1) is 21.4. The van der Waals surface area contributed by atoms with E-state index in [-0.39, 0.29) is 42.3 Å². The van der Waals surface area contributed by atoms with Crippen LogP contribution in [0.4, 0.5) is 0 Å². The van der Waals surface area contributed by atoms with Crippen molar-refractivity contribution in [3.63, 3.8) is 0 Å². The smallest absolute Gasteiger partial charge is 0.238 e. The summed E-state index contributed by atoms with van der Waals surface area (Å²) in [5.41, 5.74) is 0.888. The van der Waals surface area contributed by atoms with Gasteiger partial charge >= 0.3 is 0 Å². The lowest BCUT2D eigenvalue weighted by molar-refractivity contribution is -0.122. The largest absolute Gasteiger partial charge is 0.354 e. The molecule has 0 bridgehead atoms. The average Bonchev–Trinajstić information content (AvgIpc) is 3.05. The van der Waals surface area contributed by atoms with Gasteiger partial charge in [-0.05, 0) is 24.1 Å². The SMILES string of the molecule is O=C(CCNC(=O)[C@H](Sc1ccccc1)c1ccccc1)N[C@H]1CCS(=O)(=O)C1. The number of benzene rings is 2. The van der Waals surface area contributed by atoms with Crippen LogP contribution in [0.1, 0.15) is 23.7 Å². The minimum atomic E-state index is -3.03. The van der Waals surface area contributed by atoms with Crippen LogP contribution in [0.5, 0.6) is 0 Å². The lowest BCUT2D eigenvalue weighted by Gasteiger charge is -2.17. The van der Waals surface area contributed by atoms with E-state index in [1.807, 2.05) is 60.7 Å². The molecule has 0 aliphatic carbocycles. The van der Waals surface area contributed by atoms with Crippen molar-refractivity contribution in [3.05, 3.63) is 66.2 Å². The lowest BCUT2D eigenvalue weighted by Crippen LogP contribution is -2.38. The lowest BCUT2D eigenvalue weighted by atomic mass is 10.1. The first-order chi connectivity index (χ1) is 13.9. The molecule has 2 aromatic rings. The maximum Gasteiger partial charge on any atom is 0.238 e. The number of hydrogen-bond acceptors (Lipinski definition) is 5. The molecule has 0 aromatic heterocycles. The fraction of sp³-hybridized carbons (Fsp3) is 0.333. The van der Waals surface area contributed by atoms with Crippen LogP contribution in [0.2, 0.25) is 0 Å². The molecule has 0 saturated carbocycles. The third-order valence-electron chi connectivity index (χ3n) is 4.59. The normalized spacial score (nSPS) is 18.7. The van der Waals surface area contributed by atoms with Gasteiger partial charge < -0.3 is 10.6 Å². The summed E-state index contributed by atoms with van der Waals surface area (Å²) in [5.74, 6) is -0.306. The van der Waals surface area contributed by atoms with Crippen LogP contribution < -0.4 is 10.6 Å². The Balaban J connectivity index is 1.54. The van der Waals surface area contributed by atoms with Crippen LogP contribution in [-0.2, 0) is 19.4 Å². The van der Waals surface area contributed by atoms with Gasteiger partial charge in [0.1, 0.15) is 5.25 Å². The molecule has 1 aliphatic heterocycles. The minimum Gasteiger partial charge on any atom is -0.354 e. The quantitative estimate of drug-likeness (QED) is 0.625. The molecule has 2 atom stereocenters. The van der Waals surface area contributed by atoms with Gasteiger partial charge in [0.25, 0.3) is 0 Å². The first-order valence-electron chi connectivity index (χ1n) is 9.47. The molecule has 8 heteroatoms. The van der Waals surface area contributed by atoms with Crippen molar-refractivity contribution in [2.24, 2.45) is 0 Å². The summed E-state index contributed by atoms with van der Waals surface area (Å²) in [6.07, 6.45) is 0.560. The van der Waals surface area contributed by atoms with Crippen molar-refractivity contribution >= 4 is 33.4 Å². The van der Waals surface area contributed by atoms with E-state index in [2.05, 4.69) is 10.6 Å². The van der Waals surface area contributed by atoms with Crippen LogP contribution in [0.25, 0.3) is 0 Å². The third kappa shape index (κ3) is 6.61. The highest BCUT2D eigenvalue weighted by atomic mass is 32.2. The number of nitrogens with one attached hydrogen (secondary N) is 2. The van der Waals surface area contributed by atoms with Crippen molar-refractivity contribution < 1.29 is 18.0 Å². The Labute approximate surface area is 175 Å². The summed E-state index contributed by atoms with van der Waals surface area (Å²) < 4.78 is 22.9. The molecular formula is C21H24N2O4S2. The predicted octanol–water partition coefficient (Wildman–Crippen LogP) is 2.33. The second-order valence-corrected chi connectivity index (χ2v) is 10.3. The Morgan fingerprint density at radius 2 is 1.69 bits per heavy atom. The number of carbonyl (C=O) groups excluding carboxylic acids is 2. The Hall–Kier alpha value is -2.32. The number of rotatable bonds is 8. The second kappa shape index (κ2) is 9.93. The van der Waals surface area contributed by atoms with Crippen LogP contribution in [-0.4, -0.2) is 44.3 Å². The summed E-state index contributed by atoms with van der Waals surface area (Å²) in [6, 6.07) is 18.9. The van der Waals surface area contributed by atoms with Crippen molar-refractivity contribution in [1.82, 2.24) is 10.6 Å². The van der Waals surface area contributed by atoms with Crippen LogP contribution in [0.15, 0.2) is 65.6 Å². The van der Waals surface area contributed by atoms with E-state index in [0.717, 1.165) is 10.5 Å². The maximum atomic E-state index is 12.8. The number of hydrogen-bond donors (Lipinski definition) is 2. The molecule has 154 valence electrons. The Bertz CT molecular complexity index is 934. The van der Waals surface area contributed by atoms with Crippen molar-refractivity contribution in [2.45, 2.75) is 29.0 Å². The molecule has 0 radical (unpaired) electrons. The van der Waals surface area contributed by atoms with Crippen LogP contribution >= 0.6 is 11.8 Å². The average molecular weight is 433 g/mol. The van der Waals surface area contributed by atoms with E-state index in [1.165, 1.54) is 11.8 Å². The summed E-state index contributed by atoms with van der Waals surface area (Å²) >= 11 is 1.46. The monoisotopic (exact) mass is 432 g/mol. The van der Waals surface area contributed by atoms with Gasteiger partial charge in [-0.25, -0.2) is 8.42 Å². The second-order valence-electron chi connectivity index (χ2n) is 6.93. The molecule has 29 heavy (non-hydrogen) atoms. The van der Waals surface area contributed by atoms with Gasteiger partial charge in [0, 0.05) is 23.9 Å². The zero-order valence-electron chi connectivity index (χ0n) is 15.9. The van der Waals surface area contributed by atoms with Gasteiger partial charge in [0.2, 0.25) is 11.8 Å². The molecule has 1 saturated heterocycles. The van der Waals surface area contributed by atoms with E-state index in [0.29, 0.717) is 6.42 Å². The third-order valence-corrected chi connectivity index (χ3v) is 7.62. The maximum absolute atomic E-state index is 12.8. The van der Waals surface area contributed by atoms with Crippen molar-refractivity contribution in [2.75, 3.05) is 18.1 Å². The van der Waals surface area contributed by atoms with E-state index in [4.69, 9.17) is 0 Å². The molecule has 1 fully saturated rings. The highest BCUT2D eigenvalue weighted by Gasteiger charge is 2.29. The van der Waals surface area contributed by atoms with E-state index < -0.39 is 15.1 Å². The molecule has 3 rings (SSSR count). The van der Waals surface area contributed by atoms with E-state index in [9.17, 15) is 18.0 Å². The van der Waals surface area contributed by atoms with Crippen LogP contribution in [0, 0.1) is 0 Å². The Morgan fingerprint density at radius 1 is 1.03 bits per heavy atom. The molecule has 2 amide bonds. The van der Waals surface area contributed by atoms with Crippen molar-refractivity contribution in [3.8, 4) is 0 Å². The molecule has 0 unspecified atom stereocenters. The highest BCUT2D eigenvalue weighted by Crippen LogP contribution is 2.35. The number of sulfone groups is 1. The molecular weight excluding hydrogens is 408 g/mol. The van der Waals surface area contributed by atoms with E-state index in [1.54, 1.807) is 0 Å². The van der Waals surface area contributed by atoms with Gasteiger partial charge in [0.05, 0.1) is 11.5 Å². The molecule has 1 aliphatic rings. The summed E-state index contributed by atoms with van der Waals surface area (Å²) in [5, 5.41) is 5.14. The molecule has 0 spiro atoms.